The van der Waals surface area contributed by atoms with E-state index >= 15 is 0 Å². The van der Waals surface area contributed by atoms with Gasteiger partial charge in [-0.3, -0.25) is 9.59 Å². The Kier molecular flexibility index (Phi) is 7.21. The van der Waals surface area contributed by atoms with Crippen LogP contribution in [0.3, 0.4) is 0 Å². The number of amides is 2. The second-order valence-electron chi connectivity index (χ2n) is 9.36. The monoisotopic (exact) mass is 515 g/mol. The summed E-state index contributed by atoms with van der Waals surface area (Å²) in [4.78, 5) is 27.1. The molecule has 1 atom stereocenters. The number of hydrogen-bond donors (Lipinski definition) is 2. The van der Waals surface area contributed by atoms with Crippen molar-refractivity contribution in [3.8, 4) is 0 Å². The number of nitrogens with one attached hydrogen (secondary N) is 2. The maximum atomic E-state index is 13.6. The summed E-state index contributed by atoms with van der Waals surface area (Å²) in [5.74, 6) is -0.332. The first-order valence-electron chi connectivity index (χ1n) is 12.4. The first-order chi connectivity index (χ1) is 17.9. The van der Waals surface area contributed by atoms with E-state index in [1.807, 2.05) is 54.6 Å². The molecule has 2 heterocycles. The highest BCUT2D eigenvalue weighted by Gasteiger charge is 2.31. The summed E-state index contributed by atoms with van der Waals surface area (Å²) < 4.78 is 29.5. The van der Waals surface area contributed by atoms with Gasteiger partial charge < -0.3 is 10.2 Å². The lowest BCUT2D eigenvalue weighted by Crippen LogP contribution is -2.50. The molecule has 37 heavy (non-hydrogen) atoms. The lowest BCUT2D eigenvalue weighted by atomic mass is 9.98. The number of rotatable bonds is 7. The standard InChI is InChI=1S/C29H29N3O4S/c33-28-14-11-24-20-25(12-13-26(24)30-28)37(35,36)31-27(19-21-7-3-1-4-8-21)29(34)32-17-15-23(16-18-32)22-9-5-2-6-10-22/h1-10,12-13,15,20,27,31H,11,14,16-19H2,(H,30,33). The smallest absolute Gasteiger partial charge is 0.241 e. The van der Waals surface area contributed by atoms with Crippen molar-refractivity contribution in [1.29, 1.82) is 0 Å². The highest BCUT2D eigenvalue weighted by Crippen LogP contribution is 2.26. The van der Waals surface area contributed by atoms with Gasteiger partial charge in [0.1, 0.15) is 6.04 Å². The number of carbonyl (C=O) groups is 2. The van der Waals surface area contributed by atoms with Crippen LogP contribution in [0.15, 0.2) is 89.8 Å². The van der Waals surface area contributed by atoms with E-state index in [4.69, 9.17) is 0 Å². The van der Waals surface area contributed by atoms with Crippen LogP contribution in [0.25, 0.3) is 5.57 Å². The van der Waals surface area contributed by atoms with Crippen molar-refractivity contribution >= 4 is 33.1 Å². The van der Waals surface area contributed by atoms with E-state index in [-0.39, 0.29) is 23.1 Å². The van der Waals surface area contributed by atoms with Gasteiger partial charge in [0.05, 0.1) is 4.90 Å². The van der Waals surface area contributed by atoms with Crippen LogP contribution in [0.4, 0.5) is 5.69 Å². The molecule has 0 aliphatic carbocycles. The zero-order valence-corrected chi connectivity index (χ0v) is 21.2. The maximum absolute atomic E-state index is 13.6. The number of anilines is 1. The molecule has 0 fully saturated rings. The predicted molar refractivity (Wildman–Crippen MR) is 143 cm³/mol. The molecule has 0 spiro atoms. The fourth-order valence-electron chi connectivity index (χ4n) is 4.82. The normalized spacial score (nSPS) is 16.4. The first-order valence-corrected chi connectivity index (χ1v) is 13.9. The fourth-order valence-corrected chi connectivity index (χ4v) is 6.05. The highest BCUT2D eigenvalue weighted by molar-refractivity contribution is 7.89. The van der Waals surface area contributed by atoms with Crippen LogP contribution in [-0.4, -0.2) is 44.3 Å². The molecule has 2 aliphatic heterocycles. The molecule has 190 valence electrons. The minimum absolute atomic E-state index is 0.0816. The lowest BCUT2D eigenvalue weighted by molar-refractivity contribution is -0.132. The molecule has 7 nitrogen and oxygen atoms in total. The van der Waals surface area contributed by atoms with Gasteiger partial charge in [0, 0.05) is 25.2 Å². The van der Waals surface area contributed by atoms with Gasteiger partial charge in [0.2, 0.25) is 21.8 Å². The Morgan fingerprint density at radius 1 is 0.946 bits per heavy atom. The molecule has 0 saturated carbocycles. The molecule has 2 N–H and O–H groups in total. The molecular weight excluding hydrogens is 486 g/mol. The summed E-state index contributed by atoms with van der Waals surface area (Å²) in [6.45, 7) is 0.944. The van der Waals surface area contributed by atoms with Crippen LogP contribution < -0.4 is 10.0 Å². The van der Waals surface area contributed by atoms with Crippen LogP contribution in [0.1, 0.15) is 29.5 Å². The van der Waals surface area contributed by atoms with Crippen molar-refractivity contribution in [2.24, 2.45) is 0 Å². The molecule has 0 bridgehead atoms. The molecule has 8 heteroatoms. The SMILES string of the molecule is O=C1CCc2cc(S(=O)(=O)NC(Cc3ccccc3)C(=O)N3CC=C(c4ccccc4)CC3)ccc2N1. The average Bonchev–Trinajstić information content (AvgIpc) is 2.93. The van der Waals surface area contributed by atoms with Gasteiger partial charge in [-0.15, -0.1) is 0 Å². The molecule has 3 aromatic rings. The van der Waals surface area contributed by atoms with Crippen LogP contribution in [0, 0.1) is 0 Å². The maximum Gasteiger partial charge on any atom is 0.241 e. The number of hydrogen-bond acceptors (Lipinski definition) is 4. The predicted octanol–water partition coefficient (Wildman–Crippen LogP) is 3.78. The van der Waals surface area contributed by atoms with Gasteiger partial charge in [0.15, 0.2) is 0 Å². The van der Waals surface area contributed by atoms with E-state index in [9.17, 15) is 18.0 Å². The third-order valence-corrected chi connectivity index (χ3v) is 8.30. The Morgan fingerprint density at radius 2 is 1.68 bits per heavy atom. The van der Waals surface area contributed by atoms with Crippen molar-refractivity contribution in [2.45, 2.75) is 36.6 Å². The quantitative estimate of drug-likeness (QED) is 0.501. The summed E-state index contributed by atoms with van der Waals surface area (Å²) in [6.07, 6.45) is 3.78. The van der Waals surface area contributed by atoms with Gasteiger partial charge in [-0.05, 0) is 59.7 Å². The molecular formula is C29H29N3O4S. The largest absolute Gasteiger partial charge is 0.337 e. The van der Waals surface area contributed by atoms with Crippen molar-refractivity contribution < 1.29 is 18.0 Å². The van der Waals surface area contributed by atoms with Gasteiger partial charge >= 0.3 is 0 Å². The van der Waals surface area contributed by atoms with Gasteiger partial charge in [0.25, 0.3) is 0 Å². The van der Waals surface area contributed by atoms with Crippen LogP contribution in [-0.2, 0) is 32.5 Å². The number of sulfonamides is 1. The molecule has 3 aromatic carbocycles. The van der Waals surface area contributed by atoms with Gasteiger partial charge in [-0.25, -0.2) is 8.42 Å². The van der Waals surface area contributed by atoms with E-state index in [0.29, 0.717) is 38.0 Å². The van der Waals surface area contributed by atoms with Crippen LogP contribution in [0.2, 0.25) is 0 Å². The third-order valence-electron chi connectivity index (χ3n) is 6.83. The number of benzene rings is 3. The van der Waals surface area contributed by atoms with Crippen molar-refractivity contribution in [3.63, 3.8) is 0 Å². The average molecular weight is 516 g/mol. The Bertz CT molecular complexity index is 1440. The second kappa shape index (κ2) is 10.7. The minimum atomic E-state index is -3.99. The Morgan fingerprint density at radius 3 is 2.38 bits per heavy atom. The van der Waals surface area contributed by atoms with Crippen LogP contribution >= 0.6 is 0 Å². The van der Waals surface area contributed by atoms with Gasteiger partial charge in [-0.2, -0.15) is 4.72 Å². The van der Waals surface area contributed by atoms with Crippen LogP contribution in [0.5, 0.6) is 0 Å². The first kappa shape index (κ1) is 24.9. The molecule has 1 unspecified atom stereocenters. The van der Waals surface area contributed by atoms with E-state index in [2.05, 4.69) is 22.2 Å². The third kappa shape index (κ3) is 5.81. The van der Waals surface area contributed by atoms with E-state index < -0.39 is 16.1 Å². The lowest BCUT2D eigenvalue weighted by Gasteiger charge is -2.30. The summed E-state index contributed by atoms with van der Waals surface area (Å²) >= 11 is 0. The molecule has 0 aromatic heterocycles. The Balaban J connectivity index is 1.37. The molecule has 0 saturated heterocycles. The number of nitrogens with zero attached hydrogens (tertiary/aromatic N) is 1. The Labute approximate surface area is 217 Å². The molecule has 2 aliphatic rings. The van der Waals surface area contributed by atoms with Gasteiger partial charge in [-0.1, -0.05) is 66.7 Å². The van der Waals surface area contributed by atoms with E-state index in [0.717, 1.165) is 16.7 Å². The zero-order valence-electron chi connectivity index (χ0n) is 20.4. The minimum Gasteiger partial charge on any atom is -0.337 e. The summed E-state index contributed by atoms with van der Waals surface area (Å²) in [5, 5.41) is 2.77. The van der Waals surface area contributed by atoms with E-state index in [1.54, 1.807) is 17.0 Å². The second-order valence-corrected chi connectivity index (χ2v) is 11.1. The highest BCUT2D eigenvalue weighted by atomic mass is 32.2. The fraction of sp³-hybridized carbons (Fsp3) is 0.241. The zero-order chi connectivity index (χ0) is 25.8. The number of fused-ring (bicyclic) bond motifs is 1. The van der Waals surface area contributed by atoms with Crippen molar-refractivity contribution in [1.82, 2.24) is 9.62 Å². The summed E-state index contributed by atoms with van der Waals surface area (Å²) in [7, 11) is -3.99. The molecule has 0 radical (unpaired) electrons. The van der Waals surface area contributed by atoms with Crippen molar-refractivity contribution in [2.75, 3.05) is 18.4 Å². The Hall–Kier alpha value is -3.75. The van der Waals surface area contributed by atoms with E-state index in [1.165, 1.54) is 11.6 Å². The molecule has 5 rings (SSSR count). The number of aryl methyl sites for hydroxylation is 1. The summed E-state index contributed by atoms with van der Waals surface area (Å²) in [6, 6.07) is 23.2. The number of carbonyl (C=O) groups excluding carboxylic acids is 2. The molecule has 2 amide bonds. The topological polar surface area (TPSA) is 95.6 Å². The summed E-state index contributed by atoms with van der Waals surface area (Å²) in [5.41, 5.74) is 4.59. The van der Waals surface area contributed by atoms with Crippen molar-refractivity contribution in [3.05, 3.63) is 102 Å².